The van der Waals surface area contributed by atoms with Gasteiger partial charge >= 0.3 is 0 Å². The zero-order valence-electron chi connectivity index (χ0n) is 9.29. The summed E-state index contributed by atoms with van der Waals surface area (Å²) < 4.78 is 4.97. The second-order valence-electron chi connectivity index (χ2n) is 3.17. The number of rotatable bonds is 7. The van der Waals surface area contributed by atoms with Crippen LogP contribution in [-0.2, 0) is 4.74 Å². The number of hydrogen-bond acceptors (Lipinski definition) is 5. The minimum atomic E-state index is 0.813. The number of nitrogens with zero attached hydrogens (tertiary/aromatic N) is 2. The van der Waals surface area contributed by atoms with Gasteiger partial charge in [0.25, 0.3) is 0 Å². The Balaban J connectivity index is 2.24. The molecule has 0 bridgehead atoms. The van der Waals surface area contributed by atoms with Crippen LogP contribution >= 0.6 is 0 Å². The third-order valence-corrected chi connectivity index (χ3v) is 2.00. The first kappa shape index (κ1) is 11.7. The molecule has 1 aromatic rings. The molecule has 0 saturated carbocycles. The lowest BCUT2D eigenvalue weighted by Gasteiger charge is -2.06. The van der Waals surface area contributed by atoms with Gasteiger partial charge in [-0.15, -0.1) is 0 Å². The van der Waals surface area contributed by atoms with Gasteiger partial charge in [-0.25, -0.2) is 9.97 Å². The average Bonchev–Trinajstić information content (AvgIpc) is 2.29. The van der Waals surface area contributed by atoms with E-state index in [4.69, 9.17) is 4.74 Å². The Hall–Kier alpha value is -1.36. The van der Waals surface area contributed by atoms with Crippen LogP contribution in [0.25, 0.3) is 0 Å². The summed E-state index contributed by atoms with van der Waals surface area (Å²) in [6.45, 7) is 1.72. The predicted octanol–water partition coefficient (Wildman–Crippen LogP) is 1.36. The third-order valence-electron chi connectivity index (χ3n) is 2.00. The van der Waals surface area contributed by atoms with Crippen LogP contribution in [0.1, 0.15) is 12.8 Å². The summed E-state index contributed by atoms with van der Waals surface area (Å²) in [6.07, 6.45) is 3.68. The van der Waals surface area contributed by atoms with Gasteiger partial charge in [0.1, 0.15) is 18.0 Å². The second kappa shape index (κ2) is 7.00. The molecule has 0 aliphatic carbocycles. The highest BCUT2D eigenvalue weighted by Crippen LogP contribution is 2.07. The number of aromatic nitrogens is 2. The van der Waals surface area contributed by atoms with Crippen LogP contribution in [0.15, 0.2) is 12.4 Å². The maximum atomic E-state index is 4.97. The number of methoxy groups -OCH3 is 1. The number of ether oxygens (including phenoxy) is 1. The molecule has 0 amide bonds. The summed E-state index contributed by atoms with van der Waals surface area (Å²) in [6, 6.07) is 1.89. The molecule has 2 N–H and O–H groups in total. The molecule has 5 heteroatoms. The van der Waals surface area contributed by atoms with Gasteiger partial charge in [-0.3, -0.25) is 0 Å². The zero-order chi connectivity index (χ0) is 10.9. The smallest absolute Gasteiger partial charge is 0.131 e. The molecule has 1 rings (SSSR count). The van der Waals surface area contributed by atoms with Crippen molar-refractivity contribution in [3.8, 4) is 0 Å². The lowest BCUT2D eigenvalue weighted by atomic mass is 10.3. The van der Waals surface area contributed by atoms with Crippen molar-refractivity contribution in [3.63, 3.8) is 0 Å². The monoisotopic (exact) mass is 210 g/mol. The van der Waals surface area contributed by atoms with Crippen molar-refractivity contribution in [1.29, 1.82) is 0 Å². The fraction of sp³-hybridized carbons (Fsp3) is 0.600. The number of anilines is 2. The lowest BCUT2D eigenvalue weighted by Crippen LogP contribution is -2.05. The van der Waals surface area contributed by atoms with Gasteiger partial charge in [-0.05, 0) is 12.8 Å². The van der Waals surface area contributed by atoms with E-state index >= 15 is 0 Å². The molecule has 5 nitrogen and oxygen atoms in total. The normalized spacial score (nSPS) is 10.0. The summed E-state index contributed by atoms with van der Waals surface area (Å²) in [5.41, 5.74) is 0. The quantitative estimate of drug-likeness (QED) is 0.665. The lowest BCUT2D eigenvalue weighted by molar-refractivity contribution is 0.194. The first-order valence-electron chi connectivity index (χ1n) is 5.09. The Morgan fingerprint density at radius 2 is 2.07 bits per heavy atom. The minimum absolute atomic E-state index is 0.813. The molecule has 0 spiro atoms. The summed E-state index contributed by atoms with van der Waals surface area (Å²) in [4.78, 5) is 8.15. The van der Waals surface area contributed by atoms with E-state index in [1.165, 1.54) is 0 Å². The Bertz CT molecular complexity index is 280. The fourth-order valence-corrected chi connectivity index (χ4v) is 1.18. The highest BCUT2D eigenvalue weighted by Gasteiger charge is 1.95. The van der Waals surface area contributed by atoms with Crippen molar-refractivity contribution in [2.75, 3.05) is 37.9 Å². The summed E-state index contributed by atoms with van der Waals surface area (Å²) in [5.74, 6) is 1.68. The van der Waals surface area contributed by atoms with Crippen LogP contribution in [0.3, 0.4) is 0 Å². The van der Waals surface area contributed by atoms with E-state index in [2.05, 4.69) is 20.6 Å². The molecule has 1 heterocycles. The number of hydrogen-bond donors (Lipinski definition) is 2. The zero-order valence-corrected chi connectivity index (χ0v) is 9.29. The Labute approximate surface area is 90.3 Å². The summed E-state index contributed by atoms with van der Waals surface area (Å²) >= 11 is 0. The summed E-state index contributed by atoms with van der Waals surface area (Å²) in [5, 5.41) is 6.20. The molecule has 0 unspecified atom stereocenters. The topological polar surface area (TPSA) is 59.1 Å². The predicted molar refractivity (Wildman–Crippen MR) is 61.2 cm³/mol. The molecule has 0 aliphatic rings. The first-order valence-corrected chi connectivity index (χ1v) is 5.09. The molecule has 1 aromatic heterocycles. The van der Waals surface area contributed by atoms with Crippen molar-refractivity contribution in [3.05, 3.63) is 12.4 Å². The van der Waals surface area contributed by atoms with E-state index in [1.807, 2.05) is 13.1 Å². The molecule has 0 saturated heterocycles. The standard InChI is InChI=1S/C10H18N4O/c1-11-9-7-10(14-8-13-9)12-5-3-4-6-15-2/h7-8H,3-6H2,1-2H3,(H2,11,12,13,14). The molecule has 0 aliphatic heterocycles. The van der Waals surface area contributed by atoms with Gasteiger partial charge in [0.15, 0.2) is 0 Å². The van der Waals surface area contributed by atoms with Crippen LogP contribution in [0.5, 0.6) is 0 Å². The Morgan fingerprint density at radius 3 is 2.80 bits per heavy atom. The van der Waals surface area contributed by atoms with Gasteiger partial charge < -0.3 is 15.4 Å². The first-order chi connectivity index (χ1) is 7.36. The van der Waals surface area contributed by atoms with Crippen molar-refractivity contribution < 1.29 is 4.74 Å². The van der Waals surface area contributed by atoms with Gasteiger partial charge in [-0.1, -0.05) is 0 Å². The second-order valence-corrected chi connectivity index (χ2v) is 3.17. The van der Waals surface area contributed by atoms with Crippen molar-refractivity contribution >= 4 is 11.6 Å². The van der Waals surface area contributed by atoms with Gasteiger partial charge in [0.05, 0.1) is 0 Å². The van der Waals surface area contributed by atoms with Crippen LogP contribution in [0.2, 0.25) is 0 Å². The number of unbranched alkanes of at least 4 members (excludes halogenated alkanes) is 1. The van der Waals surface area contributed by atoms with Crippen molar-refractivity contribution in [2.24, 2.45) is 0 Å². The average molecular weight is 210 g/mol. The van der Waals surface area contributed by atoms with Gasteiger partial charge in [0, 0.05) is 33.4 Å². The molecular weight excluding hydrogens is 192 g/mol. The largest absolute Gasteiger partial charge is 0.385 e. The molecule has 0 radical (unpaired) electrons. The number of nitrogens with one attached hydrogen (secondary N) is 2. The van der Waals surface area contributed by atoms with Crippen LogP contribution in [0, 0.1) is 0 Å². The third kappa shape index (κ3) is 4.60. The maximum Gasteiger partial charge on any atom is 0.131 e. The molecule has 15 heavy (non-hydrogen) atoms. The van der Waals surface area contributed by atoms with Crippen molar-refractivity contribution in [2.45, 2.75) is 12.8 Å². The minimum Gasteiger partial charge on any atom is -0.385 e. The maximum absolute atomic E-state index is 4.97. The fourth-order valence-electron chi connectivity index (χ4n) is 1.18. The highest BCUT2D eigenvalue weighted by atomic mass is 16.5. The molecule has 0 fully saturated rings. The van der Waals surface area contributed by atoms with Gasteiger partial charge in [0.2, 0.25) is 0 Å². The van der Waals surface area contributed by atoms with E-state index < -0.39 is 0 Å². The van der Waals surface area contributed by atoms with E-state index in [-0.39, 0.29) is 0 Å². The van der Waals surface area contributed by atoms with E-state index in [0.717, 1.165) is 37.6 Å². The van der Waals surface area contributed by atoms with Crippen LogP contribution in [0.4, 0.5) is 11.6 Å². The van der Waals surface area contributed by atoms with E-state index in [9.17, 15) is 0 Å². The molecule has 0 aromatic carbocycles. The summed E-state index contributed by atoms with van der Waals surface area (Å²) in [7, 11) is 3.56. The van der Waals surface area contributed by atoms with Gasteiger partial charge in [-0.2, -0.15) is 0 Å². The highest BCUT2D eigenvalue weighted by molar-refractivity contribution is 5.45. The molecule has 84 valence electrons. The Morgan fingerprint density at radius 1 is 1.27 bits per heavy atom. The Kier molecular flexibility index (Phi) is 5.47. The van der Waals surface area contributed by atoms with Crippen LogP contribution in [-0.4, -0.2) is 37.3 Å². The van der Waals surface area contributed by atoms with Crippen molar-refractivity contribution in [1.82, 2.24) is 9.97 Å². The van der Waals surface area contributed by atoms with E-state index in [0.29, 0.717) is 0 Å². The van der Waals surface area contributed by atoms with E-state index in [1.54, 1.807) is 13.4 Å². The SMILES string of the molecule is CNc1cc(NCCCCOC)ncn1. The van der Waals surface area contributed by atoms with Crippen LogP contribution < -0.4 is 10.6 Å². The molecular formula is C10H18N4O. The molecule has 0 atom stereocenters.